The van der Waals surface area contributed by atoms with Gasteiger partial charge in [-0.05, 0) is 36.2 Å². The van der Waals surface area contributed by atoms with Crippen LogP contribution in [0.25, 0.3) is 33.0 Å². The number of carbonyl (C=O) groups is 2. The summed E-state index contributed by atoms with van der Waals surface area (Å²) in [4.78, 5) is 33.6. The van der Waals surface area contributed by atoms with E-state index in [1.165, 1.54) is 0 Å². The largest absolute Gasteiger partial charge is 0.358 e. The first-order valence-electron chi connectivity index (χ1n) is 11.7. The van der Waals surface area contributed by atoms with Crippen LogP contribution < -0.4 is 11.1 Å². The van der Waals surface area contributed by atoms with Crippen LogP contribution in [0.3, 0.4) is 0 Å². The predicted molar refractivity (Wildman–Crippen MR) is 153 cm³/mol. The first-order chi connectivity index (χ1) is 17.5. The molecule has 1 aliphatic rings. The third-order valence-corrected chi connectivity index (χ3v) is 7.60. The lowest BCUT2D eigenvalue weighted by molar-refractivity contribution is -0.122. The van der Waals surface area contributed by atoms with Gasteiger partial charge >= 0.3 is 0 Å². The van der Waals surface area contributed by atoms with Crippen LogP contribution in [0.5, 0.6) is 0 Å². The molecule has 6 rings (SSSR count). The fourth-order valence-electron chi connectivity index (χ4n) is 5.23. The second kappa shape index (κ2) is 9.67. The predicted octanol–water partition coefficient (Wildman–Crippen LogP) is 5.76. The molecule has 6 nitrogen and oxygen atoms in total. The van der Waals surface area contributed by atoms with Crippen molar-refractivity contribution in [2.45, 2.75) is 19.9 Å². The Hall–Kier alpha value is -3.65. The normalized spacial score (nSPS) is 13.5. The van der Waals surface area contributed by atoms with Gasteiger partial charge in [-0.15, -0.1) is 12.4 Å². The lowest BCUT2D eigenvalue weighted by Crippen LogP contribution is -2.23. The maximum Gasteiger partial charge on any atom is 0.259 e. The molecule has 37 heavy (non-hydrogen) atoms. The van der Waals surface area contributed by atoms with E-state index >= 15 is 0 Å². The van der Waals surface area contributed by atoms with Gasteiger partial charge < -0.3 is 15.7 Å². The number of carbonyl (C=O) groups excluding carboxylic acids is 2. The second-order valence-corrected chi connectivity index (χ2v) is 9.89. The van der Waals surface area contributed by atoms with E-state index in [1.54, 1.807) is 0 Å². The van der Waals surface area contributed by atoms with E-state index in [0.29, 0.717) is 24.1 Å². The number of aromatic nitrogens is 2. The Morgan fingerprint density at radius 2 is 1.41 bits per heavy atom. The Bertz CT molecular complexity index is 1750. The summed E-state index contributed by atoms with van der Waals surface area (Å²) in [5.41, 5.74) is 13.8. The standard InChI is InChI=1S/C29H23BrN4O2.ClH/c1-15-24(18-6-2-4-8-21(18)32-15)26-27(29(36)34-28(26)35)25-19-7-3-5-9-22(19)33-23(25)13-17-12-16(14-31)10-11-20(17)30;/h2-12,32-33H,13-14,31H2,1H3,(H,34,35,36);1H. The molecule has 3 aromatic carbocycles. The molecule has 0 aliphatic carbocycles. The Kier molecular flexibility index (Phi) is 6.54. The smallest absolute Gasteiger partial charge is 0.259 e. The van der Waals surface area contributed by atoms with Gasteiger partial charge in [-0.25, -0.2) is 0 Å². The minimum atomic E-state index is -0.388. The molecular weight excluding hydrogens is 552 g/mol. The molecule has 0 unspecified atom stereocenters. The van der Waals surface area contributed by atoms with Gasteiger partial charge in [0.25, 0.3) is 11.8 Å². The van der Waals surface area contributed by atoms with Crippen molar-refractivity contribution >= 4 is 73.1 Å². The number of nitrogens with two attached hydrogens (primary N) is 1. The summed E-state index contributed by atoms with van der Waals surface area (Å²) >= 11 is 3.67. The van der Waals surface area contributed by atoms with E-state index in [4.69, 9.17) is 5.73 Å². The molecule has 0 bridgehead atoms. The number of nitrogens with one attached hydrogen (secondary N) is 3. The lowest BCUT2D eigenvalue weighted by atomic mass is 9.91. The van der Waals surface area contributed by atoms with Crippen LogP contribution in [0.2, 0.25) is 0 Å². The first kappa shape index (κ1) is 25.0. The first-order valence-corrected chi connectivity index (χ1v) is 12.5. The number of aromatic amines is 2. The minimum Gasteiger partial charge on any atom is -0.358 e. The molecule has 3 heterocycles. The number of H-pyrrole nitrogens is 2. The highest BCUT2D eigenvalue weighted by molar-refractivity contribution is 9.10. The highest BCUT2D eigenvalue weighted by Crippen LogP contribution is 2.41. The summed E-state index contributed by atoms with van der Waals surface area (Å²) in [7, 11) is 0. The van der Waals surface area contributed by atoms with E-state index in [1.807, 2.05) is 67.6 Å². The number of hydrogen-bond acceptors (Lipinski definition) is 3. The van der Waals surface area contributed by atoms with Gasteiger partial charge in [0.1, 0.15) is 0 Å². The number of amides is 2. The number of rotatable bonds is 5. The van der Waals surface area contributed by atoms with Gasteiger partial charge in [0, 0.05) is 61.8 Å². The molecule has 5 aromatic rings. The molecule has 0 spiro atoms. The van der Waals surface area contributed by atoms with E-state index in [-0.39, 0.29) is 24.2 Å². The molecule has 0 saturated carbocycles. The third kappa shape index (κ3) is 4.09. The molecular formula is C29H24BrClN4O2. The van der Waals surface area contributed by atoms with Crippen molar-refractivity contribution in [1.82, 2.24) is 15.3 Å². The third-order valence-electron chi connectivity index (χ3n) is 6.82. The molecule has 2 amide bonds. The van der Waals surface area contributed by atoms with Crippen LogP contribution in [0, 0.1) is 6.92 Å². The lowest BCUT2D eigenvalue weighted by Gasteiger charge is -2.10. The van der Waals surface area contributed by atoms with Crippen molar-refractivity contribution in [3.8, 4) is 0 Å². The molecule has 2 aromatic heterocycles. The monoisotopic (exact) mass is 574 g/mol. The Labute approximate surface area is 227 Å². The summed E-state index contributed by atoms with van der Waals surface area (Å²) in [6.45, 7) is 2.37. The summed E-state index contributed by atoms with van der Waals surface area (Å²) < 4.78 is 0.956. The molecule has 186 valence electrons. The zero-order valence-electron chi connectivity index (χ0n) is 19.9. The highest BCUT2D eigenvalue weighted by Gasteiger charge is 2.36. The molecule has 5 N–H and O–H groups in total. The fourth-order valence-corrected chi connectivity index (χ4v) is 5.61. The average Bonchev–Trinajstić information content (AvgIpc) is 3.49. The number of benzene rings is 3. The van der Waals surface area contributed by atoms with Crippen molar-refractivity contribution < 1.29 is 9.59 Å². The molecule has 0 radical (unpaired) electrons. The Morgan fingerprint density at radius 1 is 0.811 bits per heavy atom. The maximum absolute atomic E-state index is 13.4. The van der Waals surface area contributed by atoms with Crippen LogP contribution in [0.1, 0.15) is 33.6 Å². The molecule has 1 aliphatic heterocycles. The van der Waals surface area contributed by atoms with Crippen molar-refractivity contribution in [3.05, 3.63) is 105 Å². The average molecular weight is 576 g/mol. The summed E-state index contributed by atoms with van der Waals surface area (Å²) in [6.07, 6.45) is 0.531. The van der Waals surface area contributed by atoms with Gasteiger partial charge in [-0.3, -0.25) is 14.9 Å². The van der Waals surface area contributed by atoms with Crippen LogP contribution in [0.4, 0.5) is 0 Å². The van der Waals surface area contributed by atoms with Gasteiger partial charge in [-0.1, -0.05) is 64.5 Å². The summed E-state index contributed by atoms with van der Waals surface area (Å²) in [5.74, 6) is -0.772. The number of para-hydroxylation sites is 2. The van der Waals surface area contributed by atoms with Gasteiger partial charge in [0.15, 0.2) is 0 Å². The van der Waals surface area contributed by atoms with Crippen LogP contribution in [-0.4, -0.2) is 21.8 Å². The van der Waals surface area contributed by atoms with E-state index in [2.05, 4.69) is 37.3 Å². The molecule has 0 atom stereocenters. The van der Waals surface area contributed by atoms with Crippen molar-refractivity contribution in [3.63, 3.8) is 0 Å². The molecule has 0 saturated heterocycles. The fraction of sp³-hybridized carbons (Fsp3) is 0.103. The quantitative estimate of drug-likeness (QED) is 0.200. The van der Waals surface area contributed by atoms with E-state index in [0.717, 1.165) is 59.9 Å². The van der Waals surface area contributed by atoms with Gasteiger partial charge in [0.2, 0.25) is 0 Å². The zero-order valence-corrected chi connectivity index (χ0v) is 22.3. The number of imide groups is 1. The van der Waals surface area contributed by atoms with Crippen molar-refractivity contribution in [2.24, 2.45) is 5.73 Å². The second-order valence-electron chi connectivity index (χ2n) is 9.03. The number of aryl methyl sites for hydroxylation is 1. The van der Waals surface area contributed by atoms with Crippen molar-refractivity contribution in [1.29, 1.82) is 0 Å². The number of halogens is 2. The highest BCUT2D eigenvalue weighted by atomic mass is 79.9. The summed E-state index contributed by atoms with van der Waals surface area (Å²) in [6, 6.07) is 21.7. The van der Waals surface area contributed by atoms with Gasteiger partial charge in [0.05, 0.1) is 11.1 Å². The van der Waals surface area contributed by atoms with Crippen LogP contribution in [-0.2, 0) is 22.6 Å². The van der Waals surface area contributed by atoms with Crippen molar-refractivity contribution in [2.75, 3.05) is 0 Å². The topological polar surface area (TPSA) is 104 Å². The van der Waals surface area contributed by atoms with Crippen LogP contribution >= 0.6 is 28.3 Å². The minimum absolute atomic E-state index is 0. The molecule has 8 heteroatoms. The zero-order chi connectivity index (χ0) is 25.0. The van der Waals surface area contributed by atoms with E-state index < -0.39 is 0 Å². The van der Waals surface area contributed by atoms with E-state index in [9.17, 15) is 9.59 Å². The summed E-state index contributed by atoms with van der Waals surface area (Å²) in [5, 5.41) is 4.37. The van der Waals surface area contributed by atoms with Crippen LogP contribution in [0.15, 0.2) is 71.2 Å². The van der Waals surface area contributed by atoms with Gasteiger partial charge in [-0.2, -0.15) is 0 Å². The number of hydrogen-bond donors (Lipinski definition) is 4. The SMILES string of the molecule is Cc1[nH]c2ccccc2c1C1=C(c2c(Cc3cc(CN)ccc3Br)[nH]c3ccccc23)C(=O)NC1=O.Cl. The number of fused-ring (bicyclic) bond motifs is 2. The maximum atomic E-state index is 13.4. The Balaban J connectivity index is 0.00000280. The Morgan fingerprint density at radius 3 is 2.08 bits per heavy atom. The molecule has 0 fully saturated rings.